The highest BCUT2D eigenvalue weighted by Gasteiger charge is 2.21. The van der Waals surface area contributed by atoms with E-state index in [4.69, 9.17) is 4.74 Å². The number of rotatable bonds is 1. The summed E-state index contributed by atoms with van der Waals surface area (Å²) in [6, 6.07) is 1.77. The van der Waals surface area contributed by atoms with Crippen molar-refractivity contribution in [2.45, 2.75) is 13.8 Å². The Kier molecular flexibility index (Phi) is 3.20. The molecule has 108 valence electrons. The minimum Gasteiger partial charge on any atom is -0.492 e. The van der Waals surface area contributed by atoms with Crippen LogP contribution in [0.4, 0.5) is 4.39 Å². The van der Waals surface area contributed by atoms with Crippen molar-refractivity contribution in [3.8, 4) is 5.75 Å². The number of benzene rings is 1. The third-order valence-electron chi connectivity index (χ3n) is 3.64. The number of fused-ring (bicyclic) bond motifs is 3. The van der Waals surface area contributed by atoms with Gasteiger partial charge >= 0.3 is 0 Å². The first-order chi connectivity index (χ1) is 9.97. The summed E-state index contributed by atoms with van der Waals surface area (Å²) >= 11 is 3.37. The highest BCUT2D eigenvalue weighted by molar-refractivity contribution is 9.10. The molecule has 1 aromatic carbocycles. The van der Waals surface area contributed by atoms with E-state index in [2.05, 4.69) is 25.9 Å². The summed E-state index contributed by atoms with van der Waals surface area (Å²) in [4.78, 5) is 19.3. The smallest absolute Gasteiger partial charge is 0.258 e. The highest BCUT2D eigenvalue weighted by atomic mass is 79.9. The predicted molar refractivity (Wildman–Crippen MR) is 83.6 cm³/mol. The van der Waals surface area contributed by atoms with Crippen molar-refractivity contribution in [3.63, 3.8) is 0 Å². The number of ether oxygens (including phenoxy) is 1. The Balaban J connectivity index is 2.72. The molecule has 0 bridgehead atoms. The Bertz CT molecular complexity index is 950. The van der Waals surface area contributed by atoms with E-state index in [-0.39, 0.29) is 11.3 Å². The van der Waals surface area contributed by atoms with Gasteiger partial charge in [-0.15, -0.1) is 0 Å². The van der Waals surface area contributed by atoms with Crippen LogP contribution in [0, 0.1) is 19.7 Å². The molecule has 3 rings (SSSR count). The van der Waals surface area contributed by atoms with Crippen molar-refractivity contribution >= 4 is 37.7 Å². The van der Waals surface area contributed by atoms with Crippen LogP contribution < -0.4 is 10.3 Å². The van der Waals surface area contributed by atoms with Crippen molar-refractivity contribution < 1.29 is 9.13 Å². The van der Waals surface area contributed by atoms with E-state index in [1.807, 2.05) is 6.92 Å². The number of hydrogen-bond donors (Lipinski definition) is 1. The minimum atomic E-state index is -0.500. The molecule has 3 aromatic rings. The maximum Gasteiger partial charge on any atom is 0.258 e. The Morgan fingerprint density at radius 1 is 1.33 bits per heavy atom. The van der Waals surface area contributed by atoms with Crippen molar-refractivity contribution in [2.75, 3.05) is 7.11 Å². The molecular formula is C15H12BrFN2O2. The number of hydrogen-bond acceptors (Lipinski definition) is 3. The lowest BCUT2D eigenvalue weighted by atomic mass is 10.0. The molecule has 0 amide bonds. The Morgan fingerprint density at radius 3 is 2.71 bits per heavy atom. The summed E-state index contributed by atoms with van der Waals surface area (Å²) in [5.41, 5.74) is 1.82. The summed E-state index contributed by atoms with van der Waals surface area (Å²) in [7, 11) is 1.40. The van der Waals surface area contributed by atoms with Crippen LogP contribution in [0.1, 0.15) is 11.1 Å². The van der Waals surface area contributed by atoms with Gasteiger partial charge in [-0.05, 0) is 41.4 Å². The van der Waals surface area contributed by atoms with E-state index in [0.29, 0.717) is 31.8 Å². The summed E-state index contributed by atoms with van der Waals surface area (Å²) in [6.07, 6.45) is 1.63. The third kappa shape index (κ3) is 1.86. The molecule has 0 aliphatic carbocycles. The maximum atomic E-state index is 14.3. The number of nitrogens with zero attached hydrogens (tertiary/aromatic N) is 1. The first kappa shape index (κ1) is 14.0. The number of H-pyrrole nitrogens is 1. The van der Waals surface area contributed by atoms with Gasteiger partial charge in [-0.1, -0.05) is 0 Å². The highest BCUT2D eigenvalue weighted by Crippen LogP contribution is 2.39. The van der Waals surface area contributed by atoms with Crippen molar-refractivity contribution in [3.05, 3.63) is 44.0 Å². The first-order valence-corrected chi connectivity index (χ1v) is 7.09. The Morgan fingerprint density at radius 2 is 2.05 bits per heavy atom. The fourth-order valence-electron chi connectivity index (χ4n) is 2.56. The second kappa shape index (κ2) is 4.80. The monoisotopic (exact) mass is 350 g/mol. The van der Waals surface area contributed by atoms with Crippen LogP contribution in [0.3, 0.4) is 0 Å². The molecule has 0 radical (unpaired) electrons. The van der Waals surface area contributed by atoms with Gasteiger partial charge in [-0.3, -0.25) is 9.78 Å². The van der Waals surface area contributed by atoms with Gasteiger partial charge in [-0.2, -0.15) is 0 Å². The molecule has 0 saturated heterocycles. The van der Waals surface area contributed by atoms with Gasteiger partial charge in [0.1, 0.15) is 0 Å². The molecule has 0 atom stereocenters. The molecule has 0 aliphatic rings. The van der Waals surface area contributed by atoms with Crippen LogP contribution in [0.2, 0.25) is 0 Å². The molecule has 0 aliphatic heterocycles. The summed E-state index contributed by atoms with van der Waals surface area (Å²) in [5, 5.41) is 1.14. The number of methoxy groups -OCH3 is 1. The molecular weight excluding hydrogens is 339 g/mol. The Hall–Kier alpha value is -1.95. The molecule has 0 saturated carbocycles. The van der Waals surface area contributed by atoms with E-state index < -0.39 is 5.82 Å². The van der Waals surface area contributed by atoms with Gasteiger partial charge in [0.2, 0.25) is 0 Å². The Labute approximate surface area is 128 Å². The number of aryl methyl sites for hydroxylation is 2. The zero-order chi connectivity index (χ0) is 15.3. The molecule has 2 aromatic heterocycles. The molecule has 0 spiro atoms. The summed E-state index contributed by atoms with van der Waals surface area (Å²) < 4.78 is 19.9. The number of halogens is 2. The summed E-state index contributed by atoms with van der Waals surface area (Å²) in [5.74, 6) is -0.392. The SMILES string of the molecule is COc1c(F)c(C)c2[nH]c(=O)c3c(C)ccnc3c2c1Br. The third-order valence-corrected chi connectivity index (χ3v) is 4.39. The van der Waals surface area contributed by atoms with Gasteiger partial charge in [0.15, 0.2) is 11.6 Å². The van der Waals surface area contributed by atoms with Gasteiger partial charge in [-0.25, -0.2) is 4.39 Å². The van der Waals surface area contributed by atoms with Gasteiger partial charge in [0.05, 0.1) is 28.0 Å². The van der Waals surface area contributed by atoms with Crippen LogP contribution in [-0.2, 0) is 0 Å². The molecule has 0 unspecified atom stereocenters. The lowest BCUT2D eigenvalue weighted by Gasteiger charge is -2.13. The zero-order valence-corrected chi connectivity index (χ0v) is 13.3. The fourth-order valence-corrected chi connectivity index (χ4v) is 3.28. The lowest BCUT2D eigenvalue weighted by Crippen LogP contribution is -2.11. The standard InChI is InChI=1S/C15H12BrFN2O2/c1-6-4-5-18-13-8(6)15(20)19-12-7(2)11(17)14(21-3)10(16)9(12)13/h4-5H,1-3H3,(H,19,20). The normalized spacial score (nSPS) is 11.3. The maximum absolute atomic E-state index is 14.3. The molecule has 21 heavy (non-hydrogen) atoms. The minimum absolute atomic E-state index is 0.108. The largest absolute Gasteiger partial charge is 0.492 e. The molecule has 4 nitrogen and oxygen atoms in total. The zero-order valence-electron chi connectivity index (χ0n) is 11.7. The number of nitrogens with one attached hydrogen (secondary N) is 1. The van der Waals surface area contributed by atoms with Gasteiger partial charge < -0.3 is 9.72 Å². The summed E-state index contributed by atoms with van der Waals surface area (Å²) in [6.45, 7) is 3.44. The van der Waals surface area contributed by atoms with Gasteiger partial charge in [0, 0.05) is 17.1 Å². The quantitative estimate of drug-likeness (QED) is 0.682. The van der Waals surface area contributed by atoms with Crippen molar-refractivity contribution in [1.29, 1.82) is 0 Å². The van der Waals surface area contributed by atoms with E-state index in [1.165, 1.54) is 7.11 Å². The number of pyridine rings is 2. The molecule has 1 N–H and O–H groups in total. The second-order valence-corrected chi connectivity index (χ2v) is 5.63. The van der Waals surface area contributed by atoms with Crippen LogP contribution >= 0.6 is 15.9 Å². The van der Waals surface area contributed by atoms with Gasteiger partial charge in [0.25, 0.3) is 5.56 Å². The van der Waals surface area contributed by atoms with Crippen LogP contribution in [-0.4, -0.2) is 17.1 Å². The second-order valence-electron chi connectivity index (χ2n) is 4.84. The van der Waals surface area contributed by atoms with Crippen molar-refractivity contribution in [1.82, 2.24) is 9.97 Å². The number of aromatic nitrogens is 2. The first-order valence-electron chi connectivity index (χ1n) is 6.30. The van der Waals surface area contributed by atoms with Crippen molar-refractivity contribution in [2.24, 2.45) is 0 Å². The average molecular weight is 351 g/mol. The predicted octanol–water partition coefficient (Wildman–Crippen LogP) is 3.60. The molecule has 6 heteroatoms. The fraction of sp³-hybridized carbons (Fsp3) is 0.200. The van der Waals surface area contributed by atoms with Crippen LogP contribution in [0.25, 0.3) is 21.8 Å². The van der Waals surface area contributed by atoms with E-state index in [0.717, 1.165) is 5.56 Å². The van der Waals surface area contributed by atoms with E-state index in [1.54, 1.807) is 19.2 Å². The van der Waals surface area contributed by atoms with E-state index >= 15 is 0 Å². The van der Waals surface area contributed by atoms with Crippen LogP contribution in [0.15, 0.2) is 21.5 Å². The topological polar surface area (TPSA) is 55.0 Å². The molecule has 2 heterocycles. The lowest BCUT2D eigenvalue weighted by molar-refractivity contribution is 0.383. The molecule has 0 fully saturated rings. The average Bonchev–Trinajstić information content (AvgIpc) is 2.45. The number of aromatic amines is 1. The van der Waals surface area contributed by atoms with Crippen LogP contribution in [0.5, 0.6) is 5.75 Å². The van der Waals surface area contributed by atoms with E-state index in [9.17, 15) is 9.18 Å².